The summed E-state index contributed by atoms with van der Waals surface area (Å²) in [6.45, 7) is 2.52. The third-order valence-electron chi connectivity index (χ3n) is 3.96. The van der Waals surface area contributed by atoms with E-state index in [9.17, 15) is 9.18 Å². The number of amides is 1. The number of para-hydroxylation sites is 1. The van der Waals surface area contributed by atoms with E-state index in [1.807, 2.05) is 37.3 Å². The summed E-state index contributed by atoms with van der Waals surface area (Å²) in [5.41, 5.74) is 1.26. The van der Waals surface area contributed by atoms with Crippen molar-refractivity contribution in [1.29, 1.82) is 0 Å². The molecule has 5 nitrogen and oxygen atoms in total. The summed E-state index contributed by atoms with van der Waals surface area (Å²) in [5, 5.41) is 8.75. The predicted octanol–water partition coefficient (Wildman–Crippen LogP) is 3.77. The topological polar surface area (TPSA) is 51.0 Å². The first-order chi connectivity index (χ1) is 12.6. The van der Waals surface area contributed by atoms with E-state index in [0.29, 0.717) is 23.1 Å². The molecule has 0 saturated carbocycles. The molecule has 0 atom stereocenters. The second-order valence-corrected chi connectivity index (χ2v) is 6.55. The molecule has 0 unspecified atom stereocenters. The third-order valence-corrected chi connectivity index (χ3v) is 4.96. The van der Waals surface area contributed by atoms with Crippen molar-refractivity contribution in [2.24, 2.45) is 7.05 Å². The quantitative estimate of drug-likeness (QED) is 0.620. The minimum absolute atomic E-state index is 0.0147. The Balaban J connectivity index is 1.72. The van der Waals surface area contributed by atoms with E-state index in [2.05, 4.69) is 10.2 Å². The Morgan fingerprint density at radius 2 is 1.81 bits per heavy atom. The number of carbonyl (C=O) groups excluding carboxylic acids is 1. The van der Waals surface area contributed by atoms with Crippen LogP contribution in [0.4, 0.5) is 10.1 Å². The van der Waals surface area contributed by atoms with Crippen molar-refractivity contribution in [3.63, 3.8) is 0 Å². The molecule has 0 N–H and O–H groups in total. The average molecular weight is 370 g/mol. The number of aromatic nitrogens is 3. The van der Waals surface area contributed by atoms with Gasteiger partial charge in [-0.2, -0.15) is 0 Å². The van der Waals surface area contributed by atoms with Crippen molar-refractivity contribution in [1.82, 2.24) is 14.8 Å². The van der Waals surface area contributed by atoms with Crippen molar-refractivity contribution >= 4 is 23.4 Å². The van der Waals surface area contributed by atoms with Gasteiger partial charge in [-0.15, -0.1) is 10.2 Å². The van der Waals surface area contributed by atoms with Crippen LogP contribution >= 0.6 is 11.8 Å². The first-order valence-corrected chi connectivity index (χ1v) is 9.23. The van der Waals surface area contributed by atoms with Gasteiger partial charge in [0.1, 0.15) is 5.82 Å². The summed E-state index contributed by atoms with van der Waals surface area (Å²) in [4.78, 5) is 14.3. The van der Waals surface area contributed by atoms with Gasteiger partial charge < -0.3 is 9.47 Å². The normalized spacial score (nSPS) is 10.7. The van der Waals surface area contributed by atoms with Crippen LogP contribution in [0.25, 0.3) is 11.4 Å². The zero-order valence-corrected chi connectivity index (χ0v) is 15.4. The molecule has 0 aliphatic rings. The van der Waals surface area contributed by atoms with Crippen LogP contribution in [0.3, 0.4) is 0 Å². The summed E-state index contributed by atoms with van der Waals surface area (Å²) in [7, 11) is 1.77. The van der Waals surface area contributed by atoms with E-state index in [0.717, 1.165) is 5.69 Å². The standard InChI is InChI=1S/C19H19FN4OS/c1-3-24(14-9-5-4-6-10-14)17(25)13-26-19-22-21-18(23(19)2)15-11-7-8-12-16(15)20/h4-12H,3,13H2,1-2H3. The van der Waals surface area contributed by atoms with E-state index in [1.165, 1.54) is 17.8 Å². The maximum atomic E-state index is 14.0. The Labute approximate surface area is 155 Å². The number of hydrogen-bond donors (Lipinski definition) is 0. The second kappa shape index (κ2) is 8.14. The van der Waals surface area contributed by atoms with E-state index < -0.39 is 0 Å². The van der Waals surface area contributed by atoms with E-state index >= 15 is 0 Å². The molecule has 2 aromatic carbocycles. The molecule has 3 rings (SSSR count). The molecular weight excluding hydrogens is 351 g/mol. The highest BCUT2D eigenvalue weighted by Gasteiger charge is 2.18. The molecular formula is C19H19FN4OS. The lowest BCUT2D eigenvalue weighted by molar-refractivity contribution is -0.116. The van der Waals surface area contributed by atoms with Crippen molar-refractivity contribution in [2.45, 2.75) is 12.1 Å². The minimum atomic E-state index is -0.350. The Kier molecular flexibility index (Phi) is 5.68. The number of halogens is 1. The summed E-state index contributed by atoms with van der Waals surface area (Å²) in [6, 6.07) is 16.0. The number of benzene rings is 2. The highest BCUT2D eigenvalue weighted by atomic mass is 32.2. The monoisotopic (exact) mass is 370 g/mol. The molecule has 26 heavy (non-hydrogen) atoms. The molecule has 1 heterocycles. The van der Waals surface area contributed by atoms with Gasteiger partial charge in [0.05, 0.1) is 11.3 Å². The van der Waals surface area contributed by atoms with Crippen LogP contribution in [0.15, 0.2) is 59.8 Å². The van der Waals surface area contributed by atoms with E-state index in [-0.39, 0.29) is 17.5 Å². The fourth-order valence-electron chi connectivity index (χ4n) is 2.63. The van der Waals surface area contributed by atoms with Crippen LogP contribution < -0.4 is 4.90 Å². The SMILES string of the molecule is CCN(C(=O)CSc1nnc(-c2ccccc2F)n1C)c1ccccc1. The van der Waals surface area contributed by atoms with Gasteiger partial charge in [-0.25, -0.2) is 4.39 Å². The van der Waals surface area contributed by atoms with Crippen LogP contribution in [0, 0.1) is 5.82 Å². The molecule has 0 aliphatic carbocycles. The lowest BCUT2D eigenvalue weighted by Gasteiger charge is -2.20. The number of rotatable bonds is 6. The zero-order chi connectivity index (χ0) is 18.5. The Morgan fingerprint density at radius 3 is 2.50 bits per heavy atom. The predicted molar refractivity (Wildman–Crippen MR) is 102 cm³/mol. The first-order valence-electron chi connectivity index (χ1n) is 8.24. The fraction of sp³-hybridized carbons (Fsp3) is 0.211. The average Bonchev–Trinajstić information content (AvgIpc) is 3.02. The molecule has 3 aromatic rings. The smallest absolute Gasteiger partial charge is 0.237 e. The number of hydrogen-bond acceptors (Lipinski definition) is 4. The summed E-state index contributed by atoms with van der Waals surface area (Å²) < 4.78 is 15.7. The zero-order valence-electron chi connectivity index (χ0n) is 14.6. The Bertz CT molecular complexity index is 898. The van der Waals surface area contributed by atoms with Gasteiger partial charge in [0.2, 0.25) is 5.91 Å². The van der Waals surface area contributed by atoms with Crippen molar-refractivity contribution in [3.05, 3.63) is 60.4 Å². The maximum Gasteiger partial charge on any atom is 0.237 e. The van der Waals surface area contributed by atoms with Gasteiger partial charge in [-0.3, -0.25) is 4.79 Å². The molecule has 0 radical (unpaired) electrons. The van der Waals surface area contributed by atoms with Crippen LogP contribution in [-0.4, -0.2) is 33.0 Å². The lowest BCUT2D eigenvalue weighted by atomic mass is 10.2. The van der Waals surface area contributed by atoms with Crippen LogP contribution in [-0.2, 0) is 11.8 Å². The number of anilines is 1. The molecule has 0 spiro atoms. The summed E-state index contributed by atoms with van der Waals surface area (Å²) in [6.07, 6.45) is 0. The highest BCUT2D eigenvalue weighted by molar-refractivity contribution is 7.99. The van der Waals surface area contributed by atoms with Crippen LogP contribution in [0.1, 0.15) is 6.92 Å². The molecule has 0 aliphatic heterocycles. The Hall–Kier alpha value is -2.67. The van der Waals surface area contributed by atoms with E-state index in [4.69, 9.17) is 0 Å². The Morgan fingerprint density at radius 1 is 1.12 bits per heavy atom. The van der Waals surface area contributed by atoms with Crippen molar-refractivity contribution < 1.29 is 9.18 Å². The van der Waals surface area contributed by atoms with Gasteiger partial charge in [-0.1, -0.05) is 42.1 Å². The van der Waals surface area contributed by atoms with Gasteiger partial charge in [0, 0.05) is 19.3 Å². The molecule has 7 heteroatoms. The minimum Gasteiger partial charge on any atom is -0.312 e. The number of nitrogens with zero attached hydrogens (tertiary/aromatic N) is 4. The lowest BCUT2D eigenvalue weighted by Crippen LogP contribution is -2.32. The maximum absolute atomic E-state index is 14.0. The molecule has 134 valence electrons. The van der Waals surface area contributed by atoms with Crippen LogP contribution in [0.5, 0.6) is 0 Å². The molecule has 1 amide bonds. The third kappa shape index (κ3) is 3.77. The molecule has 0 bridgehead atoms. The summed E-state index contributed by atoms with van der Waals surface area (Å²) >= 11 is 1.29. The van der Waals surface area contributed by atoms with Gasteiger partial charge in [-0.05, 0) is 31.2 Å². The van der Waals surface area contributed by atoms with Gasteiger partial charge in [0.25, 0.3) is 0 Å². The van der Waals surface area contributed by atoms with Crippen molar-refractivity contribution in [3.8, 4) is 11.4 Å². The highest BCUT2D eigenvalue weighted by Crippen LogP contribution is 2.25. The number of carbonyl (C=O) groups is 1. The van der Waals surface area contributed by atoms with E-state index in [1.54, 1.807) is 34.7 Å². The van der Waals surface area contributed by atoms with Gasteiger partial charge >= 0.3 is 0 Å². The van der Waals surface area contributed by atoms with Crippen LogP contribution in [0.2, 0.25) is 0 Å². The second-order valence-electron chi connectivity index (χ2n) is 5.61. The molecule has 1 aromatic heterocycles. The number of thioether (sulfide) groups is 1. The largest absolute Gasteiger partial charge is 0.312 e. The van der Waals surface area contributed by atoms with Gasteiger partial charge in [0.15, 0.2) is 11.0 Å². The molecule has 0 saturated heterocycles. The molecule has 0 fully saturated rings. The first kappa shape index (κ1) is 18.1. The van der Waals surface area contributed by atoms with Crippen molar-refractivity contribution in [2.75, 3.05) is 17.2 Å². The summed E-state index contributed by atoms with van der Waals surface area (Å²) in [5.74, 6) is 0.302. The fourth-order valence-corrected chi connectivity index (χ4v) is 3.42.